The van der Waals surface area contributed by atoms with Crippen molar-refractivity contribution in [1.82, 2.24) is 9.88 Å². The van der Waals surface area contributed by atoms with Crippen molar-refractivity contribution in [3.63, 3.8) is 0 Å². The van der Waals surface area contributed by atoms with Gasteiger partial charge in [0.05, 0.1) is 12.7 Å². The van der Waals surface area contributed by atoms with Crippen molar-refractivity contribution in [3.8, 4) is 16.3 Å². The van der Waals surface area contributed by atoms with Gasteiger partial charge in [0.1, 0.15) is 16.5 Å². The maximum Gasteiger partial charge on any atom is 0.273 e. The molecule has 0 bridgehead atoms. The van der Waals surface area contributed by atoms with Gasteiger partial charge in [0, 0.05) is 24.5 Å². The van der Waals surface area contributed by atoms with Crippen molar-refractivity contribution >= 4 is 17.2 Å². The number of carbonyl (C=O) groups excluding carboxylic acids is 1. The van der Waals surface area contributed by atoms with Crippen LogP contribution in [0.5, 0.6) is 5.75 Å². The quantitative estimate of drug-likeness (QED) is 0.940. The topological polar surface area (TPSA) is 68.5 Å². The number of para-hydroxylation sites is 1. The number of hydrogen-bond acceptors (Lipinski definition) is 5. The fraction of sp³-hybridized carbons (Fsp3) is 0.375. The second-order valence-electron chi connectivity index (χ2n) is 5.27. The van der Waals surface area contributed by atoms with E-state index in [4.69, 9.17) is 10.5 Å². The van der Waals surface area contributed by atoms with Gasteiger partial charge >= 0.3 is 0 Å². The highest BCUT2D eigenvalue weighted by Crippen LogP contribution is 2.32. The molecule has 1 aliphatic rings. The Morgan fingerprint density at radius 3 is 3.09 bits per heavy atom. The van der Waals surface area contributed by atoms with E-state index < -0.39 is 0 Å². The van der Waals surface area contributed by atoms with Crippen LogP contribution in [0.2, 0.25) is 0 Å². The van der Waals surface area contributed by atoms with Gasteiger partial charge in [-0.25, -0.2) is 4.98 Å². The molecule has 1 aromatic heterocycles. The molecule has 1 aromatic carbocycles. The van der Waals surface area contributed by atoms with Crippen LogP contribution in [-0.2, 0) is 0 Å². The molecule has 6 heteroatoms. The third kappa shape index (κ3) is 2.71. The summed E-state index contributed by atoms with van der Waals surface area (Å²) in [6.07, 6.45) is 1.99. The summed E-state index contributed by atoms with van der Waals surface area (Å²) in [7, 11) is 1.63. The normalized spacial score (nSPS) is 17.7. The van der Waals surface area contributed by atoms with Gasteiger partial charge in [-0.05, 0) is 25.0 Å². The number of benzene rings is 1. The average molecular weight is 317 g/mol. The Kier molecular flexibility index (Phi) is 4.40. The van der Waals surface area contributed by atoms with Crippen LogP contribution in [-0.4, -0.2) is 42.0 Å². The Bertz CT molecular complexity index is 671. The van der Waals surface area contributed by atoms with Crippen LogP contribution in [0.3, 0.4) is 0 Å². The molecule has 2 aromatic rings. The van der Waals surface area contributed by atoms with Crippen LogP contribution < -0.4 is 10.5 Å². The van der Waals surface area contributed by atoms with Crippen molar-refractivity contribution in [3.05, 3.63) is 35.3 Å². The predicted octanol–water partition coefficient (Wildman–Crippen LogP) is 2.38. The summed E-state index contributed by atoms with van der Waals surface area (Å²) in [5.74, 6) is 0.738. The first kappa shape index (κ1) is 15.0. The summed E-state index contributed by atoms with van der Waals surface area (Å²) in [6, 6.07) is 7.83. The van der Waals surface area contributed by atoms with Crippen LogP contribution in [0.1, 0.15) is 23.3 Å². The van der Waals surface area contributed by atoms with E-state index in [0.29, 0.717) is 12.2 Å². The lowest BCUT2D eigenvalue weighted by atomic mass is 10.2. The Hall–Kier alpha value is -1.92. The number of nitrogens with zero attached hydrogens (tertiary/aromatic N) is 2. The van der Waals surface area contributed by atoms with Gasteiger partial charge in [0.2, 0.25) is 0 Å². The van der Waals surface area contributed by atoms with Gasteiger partial charge in [-0.1, -0.05) is 12.1 Å². The fourth-order valence-corrected chi connectivity index (χ4v) is 3.64. The highest BCUT2D eigenvalue weighted by atomic mass is 32.1. The molecule has 5 nitrogen and oxygen atoms in total. The number of carbonyl (C=O) groups is 1. The standard InChI is InChI=1S/C16H19N3O2S/c1-21-14-7-3-2-6-12(14)15-18-13(10-22-15)16(20)19-8-4-5-11(19)9-17/h2-3,6-7,10-11H,4-5,8-9,17H2,1H3/t11-/m0/s1. The molecule has 1 fully saturated rings. The average Bonchev–Trinajstić information content (AvgIpc) is 3.23. The minimum Gasteiger partial charge on any atom is -0.496 e. The van der Waals surface area contributed by atoms with Crippen molar-refractivity contribution < 1.29 is 9.53 Å². The number of nitrogens with two attached hydrogens (primary N) is 1. The van der Waals surface area contributed by atoms with Gasteiger partial charge in [-0.2, -0.15) is 0 Å². The van der Waals surface area contributed by atoms with E-state index in [2.05, 4.69) is 4.98 Å². The molecule has 0 saturated carbocycles. The van der Waals surface area contributed by atoms with E-state index >= 15 is 0 Å². The zero-order valence-electron chi connectivity index (χ0n) is 12.5. The molecular weight excluding hydrogens is 298 g/mol. The molecule has 2 N–H and O–H groups in total. The molecule has 1 amide bonds. The maximum atomic E-state index is 12.6. The Balaban J connectivity index is 1.86. The van der Waals surface area contributed by atoms with E-state index in [-0.39, 0.29) is 11.9 Å². The number of methoxy groups -OCH3 is 1. The molecule has 0 unspecified atom stereocenters. The van der Waals surface area contributed by atoms with Crippen molar-refractivity contribution in [2.45, 2.75) is 18.9 Å². The van der Waals surface area contributed by atoms with Crippen LogP contribution in [0, 0.1) is 0 Å². The van der Waals surface area contributed by atoms with E-state index in [1.807, 2.05) is 34.5 Å². The molecule has 2 heterocycles. The Morgan fingerprint density at radius 2 is 2.32 bits per heavy atom. The van der Waals surface area contributed by atoms with Gasteiger partial charge in [0.15, 0.2) is 0 Å². The van der Waals surface area contributed by atoms with E-state index in [1.54, 1.807) is 7.11 Å². The first-order valence-electron chi connectivity index (χ1n) is 7.34. The molecule has 0 spiro atoms. The van der Waals surface area contributed by atoms with Crippen LogP contribution in [0.15, 0.2) is 29.6 Å². The Morgan fingerprint density at radius 1 is 1.50 bits per heavy atom. The first-order valence-corrected chi connectivity index (χ1v) is 8.22. The highest BCUT2D eigenvalue weighted by molar-refractivity contribution is 7.13. The summed E-state index contributed by atoms with van der Waals surface area (Å²) < 4.78 is 5.36. The van der Waals surface area contributed by atoms with Crippen LogP contribution >= 0.6 is 11.3 Å². The van der Waals surface area contributed by atoms with E-state index in [0.717, 1.165) is 35.7 Å². The van der Waals surface area contributed by atoms with Crippen molar-refractivity contribution in [1.29, 1.82) is 0 Å². The van der Waals surface area contributed by atoms with Gasteiger partial charge in [-0.3, -0.25) is 4.79 Å². The number of aromatic nitrogens is 1. The molecule has 116 valence electrons. The molecular formula is C16H19N3O2S. The zero-order chi connectivity index (χ0) is 15.5. The van der Waals surface area contributed by atoms with Crippen molar-refractivity contribution in [2.24, 2.45) is 5.73 Å². The predicted molar refractivity (Wildman–Crippen MR) is 87.2 cm³/mol. The highest BCUT2D eigenvalue weighted by Gasteiger charge is 2.29. The molecule has 1 saturated heterocycles. The Labute approximate surface area is 133 Å². The number of likely N-dealkylation sites (tertiary alicyclic amines) is 1. The van der Waals surface area contributed by atoms with E-state index in [1.165, 1.54) is 11.3 Å². The van der Waals surface area contributed by atoms with Crippen molar-refractivity contribution in [2.75, 3.05) is 20.2 Å². The zero-order valence-corrected chi connectivity index (χ0v) is 13.3. The third-order valence-electron chi connectivity index (χ3n) is 3.97. The second-order valence-corrected chi connectivity index (χ2v) is 6.13. The first-order chi connectivity index (χ1) is 10.7. The lowest BCUT2D eigenvalue weighted by molar-refractivity contribution is 0.0736. The number of thiazole rings is 1. The third-order valence-corrected chi connectivity index (χ3v) is 4.85. The SMILES string of the molecule is COc1ccccc1-c1nc(C(=O)N2CCC[C@H]2CN)cs1. The lowest BCUT2D eigenvalue weighted by Crippen LogP contribution is -2.40. The number of ether oxygens (including phenoxy) is 1. The van der Waals surface area contributed by atoms with Gasteiger partial charge in [-0.15, -0.1) is 11.3 Å². The number of hydrogen-bond donors (Lipinski definition) is 1. The van der Waals surface area contributed by atoms with Crippen LogP contribution in [0.25, 0.3) is 10.6 Å². The minimum atomic E-state index is -0.0228. The van der Waals surface area contributed by atoms with Gasteiger partial charge < -0.3 is 15.4 Å². The molecule has 3 rings (SSSR count). The molecule has 1 atom stereocenters. The second kappa shape index (κ2) is 6.46. The maximum absolute atomic E-state index is 12.6. The summed E-state index contributed by atoms with van der Waals surface area (Å²) in [4.78, 5) is 19.0. The molecule has 0 radical (unpaired) electrons. The lowest BCUT2D eigenvalue weighted by Gasteiger charge is -2.22. The summed E-state index contributed by atoms with van der Waals surface area (Å²) >= 11 is 1.46. The molecule has 22 heavy (non-hydrogen) atoms. The summed E-state index contributed by atoms with van der Waals surface area (Å²) in [6.45, 7) is 1.28. The number of amides is 1. The number of rotatable bonds is 4. The smallest absolute Gasteiger partial charge is 0.273 e. The summed E-state index contributed by atoms with van der Waals surface area (Å²) in [5, 5.41) is 2.61. The van der Waals surface area contributed by atoms with E-state index in [9.17, 15) is 4.79 Å². The summed E-state index contributed by atoms with van der Waals surface area (Å²) in [5.41, 5.74) is 7.15. The van der Waals surface area contributed by atoms with Crippen LogP contribution in [0.4, 0.5) is 0 Å². The molecule has 1 aliphatic heterocycles. The minimum absolute atomic E-state index is 0.0228. The monoisotopic (exact) mass is 317 g/mol. The van der Waals surface area contributed by atoms with Gasteiger partial charge in [0.25, 0.3) is 5.91 Å². The fourth-order valence-electron chi connectivity index (χ4n) is 2.81. The molecule has 0 aliphatic carbocycles. The largest absolute Gasteiger partial charge is 0.496 e.